The Balaban J connectivity index is 0.000000182. The predicted octanol–water partition coefficient (Wildman–Crippen LogP) is 9.33. The van der Waals surface area contributed by atoms with Crippen LogP contribution >= 0.6 is 46.7 Å². The van der Waals surface area contributed by atoms with E-state index in [1.807, 2.05) is 45.9 Å². The molecule has 6 heterocycles. The number of aliphatic hydroxyl groups is 2. The van der Waals surface area contributed by atoms with Crippen LogP contribution in [0.4, 0.5) is 50.8 Å². The van der Waals surface area contributed by atoms with Gasteiger partial charge in [-0.15, -0.1) is 0 Å². The lowest BCUT2D eigenvalue weighted by molar-refractivity contribution is -0.137. The van der Waals surface area contributed by atoms with Gasteiger partial charge in [0.1, 0.15) is 44.4 Å². The third kappa shape index (κ3) is 16.5. The van der Waals surface area contributed by atoms with Gasteiger partial charge in [0.05, 0.1) is 42.6 Å². The summed E-state index contributed by atoms with van der Waals surface area (Å²) in [5.74, 6) is -1.14. The number of methoxy groups -OCH3 is 1. The summed E-state index contributed by atoms with van der Waals surface area (Å²) in [7, 11) is 1.17. The van der Waals surface area contributed by atoms with Crippen molar-refractivity contribution < 1.29 is 43.7 Å². The highest BCUT2D eigenvalue weighted by molar-refractivity contribution is 7.99. The summed E-state index contributed by atoms with van der Waals surface area (Å²) in [5.41, 5.74) is 24.9. The van der Waals surface area contributed by atoms with Crippen molar-refractivity contribution in [1.29, 1.82) is 0 Å². The zero-order valence-corrected chi connectivity index (χ0v) is 51.8. The van der Waals surface area contributed by atoms with Gasteiger partial charge in [0.25, 0.3) is 17.7 Å². The second-order valence-electron chi connectivity index (χ2n) is 22.2. The largest absolute Gasteiger partial charge is 0.509 e. The number of nitrogens with two attached hydrogens (primary N) is 4. The van der Waals surface area contributed by atoms with Crippen LogP contribution in [0, 0.1) is 0 Å². The monoisotopic (exact) mass is 1260 g/mol. The van der Waals surface area contributed by atoms with Crippen molar-refractivity contribution in [1.82, 2.24) is 25.3 Å². The molecule has 10 rings (SSSR count). The van der Waals surface area contributed by atoms with E-state index in [1.54, 1.807) is 91.3 Å². The molecule has 0 saturated carbocycles. The van der Waals surface area contributed by atoms with Crippen LogP contribution in [0.25, 0.3) is 0 Å². The number of nitrogen functional groups attached to an aromatic ring is 3. The number of aromatic nitrogens is 4. The van der Waals surface area contributed by atoms with Gasteiger partial charge in [0.15, 0.2) is 17.2 Å². The van der Waals surface area contributed by atoms with Crippen LogP contribution in [-0.2, 0) is 28.7 Å². The number of para-hydroxylation sites is 2. The smallest absolute Gasteiger partial charge is 0.408 e. The normalized spacial score (nSPS) is 16.4. The van der Waals surface area contributed by atoms with Crippen molar-refractivity contribution in [2.45, 2.75) is 96.8 Å². The number of carbonyl (C=O) groups is 5. The lowest BCUT2D eigenvalue weighted by Gasteiger charge is -2.40. The first-order valence-corrected chi connectivity index (χ1v) is 29.8. The Labute approximate surface area is 521 Å². The Bertz CT molecular complexity index is 3610. The molecule has 12 N–H and O–H groups in total. The number of carbonyl (C=O) groups excluding carboxylic acids is 5. The summed E-state index contributed by atoms with van der Waals surface area (Å²) in [4.78, 5) is 87.5. The zero-order valence-electron chi connectivity index (χ0n) is 48.7. The molecule has 0 spiro atoms. The molecule has 0 aliphatic carbocycles. The predicted molar refractivity (Wildman–Crippen MR) is 339 cm³/mol. The fourth-order valence-corrected chi connectivity index (χ4v) is 11.4. The average Bonchev–Trinajstić information content (AvgIpc) is 2.00. The minimum atomic E-state index is -0.814. The second kappa shape index (κ2) is 27.5. The molecule has 4 amide bonds. The lowest BCUT2D eigenvalue weighted by Crippen LogP contribution is -2.54. The minimum Gasteiger partial charge on any atom is -0.509 e. The van der Waals surface area contributed by atoms with Gasteiger partial charge in [0, 0.05) is 69.8 Å². The number of nitrogens with zero attached hydrogens (tertiary/aromatic N) is 8. The van der Waals surface area contributed by atoms with Crippen LogP contribution in [0.2, 0.25) is 10.0 Å². The summed E-state index contributed by atoms with van der Waals surface area (Å²) in [5, 5.41) is 27.6. The standard InChI is InChI=1S/C27H28ClN7O3S.C21H29ClN6O2S.C12H11NO4/c1-27(30)9-11-34(12-10-27)21-14-31-25(23(29)33-21)39-20-8-7-16(13-18(20)28)32-24(37)22-19(36)15-35(26(22)38)17-5-3-2-4-6-17;1-20(2,3)30-19(29)27-21(4)7-9-28(10-8-21)16-12-25-18(17(24)26-16)31-15-6-5-13(23)11-14(15)22;1-17-12(16)10-9(14)7-13(11(10)15)8-5-3-2-4-6-8/h2-8,13-14,36H,9-12,15,30H2,1H3,(H2,29,33)(H,32,37);5-6,11-12H,7-10,23H2,1-4H3,(H2,24,26)(H,27,29);2-6,14H,7H2,1H3. The number of aliphatic hydroxyl groups excluding tert-OH is 2. The van der Waals surface area contributed by atoms with Crippen molar-refractivity contribution in [3.8, 4) is 0 Å². The maximum absolute atomic E-state index is 12.9. The van der Waals surface area contributed by atoms with Crippen molar-refractivity contribution in [3.63, 3.8) is 0 Å². The number of esters is 1. The maximum Gasteiger partial charge on any atom is 0.408 e. The molecule has 2 fully saturated rings. The molecule has 0 unspecified atom stereocenters. The van der Waals surface area contributed by atoms with E-state index >= 15 is 0 Å². The number of anilines is 8. The number of hydrogen-bond acceptors (Lipinski definition) is 21. The van der Waals surface area contributed by atoms with Gasteiger partial charge < -0.3 is 72.9 Å². The van der Waals surface area contributed by atoms with Gasteiger partial charge in [-0.05, 0) is 121 Å². The molecule has 2 saturated heterocycles. The average molecular weight is 1260 g/mol. The van der Waals surface area contributed by atoms with E-state index in [9.17, 15) is 34.2 Å². The highest BCUT2D eigenvalue weighted by Crippen LogP contribution is 2.39. The van der Waals surface area contributed by atoms with Gasteiger partial charge >= 0.3 is 12.1 Å². The van der Waals surface area contributed by atoms with E-state index in [4.69, 9.17) is 50.9 Å². The molecule has 2 aromatic heterocycles. The van der Waals surface area contributed by atoms with E-state index < -0.39 is 35.4 Å². The number of halogens is 2. The van der Waals surface area contributed by atoms with Crippen molar-refractivity contribution in [2.24, 2.45) is 5.73 Å². The summed E-state index contributed by atoms with van der Waals surface area (Å²) in [6.07, 6.45) is 6.25. The summed E-state index contributed by atoms with van der Waals surface area (Å²) < 4.78 is 9.84. The lowest BCUT2D eigenvalue weighted by atomic mass is 9.90. The molecule has 23 nitrogen and oxygen atoms in total. The van der Waals surface area contributed by atoms with Gasteiger partial charge in [0.2, 0.25) is 0 Å². The van der Waals surface area contributed by atoms with Crippen LogP contribution in [0.15, 0.2) is 152 Å². The number of alkyl carbamates (subject to hydrolysis) is 1. The highest BCUT2D eigenvalue weighted by atomic mass is 35.5. The van der Waals surface area contributed by atoms with Gasteiger partial charge in [-0.3, -0.25) is 14.4 Å². The first-order valence-electron chi connectivity index (χ1n) is 27.4. The molecule has 27 heteroatoms. The van der Waals surface area contributed by atoms with Crippen LogP contribution in [0.1, 0.15) is 60.3 Å². The number of hydrogen-bond donors (Lipinski definition) is 8. The Morgan fingerprint density at radius 1 is 0.667 bits per heavy atom. The molecule has 4 aliphatic heterocycles. The number of nitrogens with one attached hydrogen (secondary N) is 2. The van der Waals surface area contributed by atoms with Crippen LogP contribution < -0.4 is 53.2 Å². The molecule has 0 radical (unpaired) electrons. The molecule has 4 aliphatic rings. The fraction of sp³-hybridized carbons (Fsp3) is 0.317. The Morgan fingerprint density at radius 2 is 1.13 bits per heavy atom. The Hall–Kier alpha value is -8.49. The topological polar surface area (TPSA) is 337 Å². The van der Waals surface area contributed by atoms with Crippen LogP contribution in [0.5, 0.6) is 0 Å². The molecular formula is C60H68Cl2N14O9S2. The van der Waals surface area contributed by atoms with Crippen molar-refractivity contribution >= 4 is 123 Å². The molecule has 0 bridgehead atoms. The Kier molecular flexibility index (Phi) is 20.4. The molecule has 6 aromatic rings. The second-order valence-corrected chi connectivity index (χ2v) is 25.1. The molecular weight excluding hydrogens is 1200 g/mol. The van der Waals surface area contributed by atoms with Crippen LogP contribution in [0.3, 0.4) is 0 Å². The molecule has 4 aromatic carbocycles. The van der Waals surface area contributed by atoms with E-state index in [2.05, 4.69) is 52.0 Å². The quantitative estimate of drug-likeness (QED) is 0.0321. The molecule has 0 atom stereocenters. The van der Waals surface area contributed by atoms with Gasteiger partial charge in [-0.1, -0.05) is 83.1 Å². The third-order valence-corrected chi connectivity index (χ3v) is 17.2. The maximum atomic E-state index is 12.9. The van der Waals surface area contributed by atoms with Crippen molar-refractivity contribution in [2.75, 3.05) is 88.5 Å². The fourth-order valence-electron chi connectivity index (χ4n) is 9.33. The number of rotatable bonds is 12. The van der Waals surface area contributed by atoms with Gasteiger partial charge in [-0.25, -0.2) is 29.5 Å². The number of ether oxygens (including phenoxy) is 2. The highest BCUT2D eigenvalue weighted by Gasteiger charge is 2.38. The first kappa shape index (κ1) is 64.5. The van der Waals surface area contributed by atoms with E-state index in [-0.39, 0.29) is 52.6 Å². The third-order valence-electron chi connectivity index (χ3n) is 14.1. The van der Waals surface area contributed by atoms with Crippen LogP contribution in [-0.4, -0.2) is 123 Å². The SMILES string of the molecule is CC1(N)CCN(c2cnc(Sc3ccc(NC(=O)C4=C(O)CN(c5ccccc5)C4=O)cc3Cl)c(N)n2)CC1.CC1(NC(=O)OC(C)(C)C)CCN(c2cnc(Sc3ccc(N)cc3Cl)c(N)n2)CC1.COC(=O)C1=C(O)CN(c2ccccc2)C1=O. The molecule has 458 valence electrons. The summed E-state index contributed by atoms with van der Waals surface area (Å²) in [6, 6.07) is 27.9. The van der Waals surface area contributed by atoms with Gasteiger partial charge in [-0.2, -0.15) is 0 Å². The summed E-state index contributed by atoms with van der Waals surface area (Å²) in [6.45, 7) is 12.6. The first-order chi connectivity index (χ1) is 41.2. The van der Waals surface area contributed by atoms with E-state index in [0.717, 1.165) is 56.8 Å². The summed E-state index contributed by atoms with van der Waals surface area (Å²) >= 11 is 15.3. The molecule has 87 heavy (non-hydrogen) atoms. The zero-order chi connectivity index (χ0) is 63.0. The van der Waals surface area contributed by atoms with Crippen molar-refractivity contribution in [3.05, 3.63) is 142 Å². The van der Waals surface area contributed by atoms with E-state index in [1.165, 1.54) is 40.4 Å². The Morgan fingerprint density at radius 3 is 1.59 bits per heavy atom. The number of benzene rings is 4. The number of amides is 4. The minimum absolute atomic E-state index is 0.00667. The number of piperidine rings is 2. The van der Waals surface area contributed by atoms with E-state index in [0.29, 0.717) is 65.2 Å².